The van der Waals surface area contributed by atoms with Crippen LogP contribution in [0, 0.1) is 0 Å². The maximum Gasteiger partial charge on any atom is 0.200 e. The highest BCUT2D eigenvalue weighted by molar-refractivity contribution is 7.98. The Hall–Kier alpha value is -1.16. The van der Waals surface area contributed by atoms with Crippen molar-refractivity contribution in [2.45, 2.75) is 19.4 Å². The van der Waals surface area contributed by atoms with Crippen LogP contribution in [0.3, 0.4) is 0 Å². The Bertz CT molecular complexity index is 490. The first kappa shape index (κ1) is 9.40. The van der Waals surface area contributed by atoms with E-state index in [1.54, 1.807) is 18.4 Å². The van der Waals surface area contributed by atoms with Crippen molar-refractivity contribution in [2.75, 3.05) is 0 Å². The molecular formula is C10H11NO2S. The van der Waals surface area contributed by atoms with E-state index in [-0.39, 0.29) is 5.54 Å². The van der Waals surface area contributed by atoms with Crippen molar-refractivity contribution in [2.24, 2.45) is 4.99 Å². The SMILES string of the molecule is CC1(C)C=C2C=CS(=O)(=O)C2=CC=N1. The molecule has 0 aromatic heterocycles. The van der Waals surface area contributed by atoms with Crippen molar-refractivity contribution in [1.29, 1.82) is 0 Å². The number of aliphatic imine (C=N–C) groups is 1. The highest BCUT2D eigenvalue weighted by atomic mass is 32.2. The van der Waals surface area contributed by atoms with Crippen LogP contribution in [0.25, 0.3) is 0 Å². The maximum absolute atomic E-state index is 11.5. The molecule has 2 rings (SSSR count). The summed E-state index contributed by atoms with van der Waals surface area (Å²) in [5, 5.41) is 1.24. The lowest BCUT2D eigenvalue weighted by molar-refractivity contribution is 0.611. The third kappa shape index (κ3) is 1.46. The van der Waals surface area contributed by atoms with E-state index in [0.29, 0.717) is 4.91 Å². The number of fused-ring (bicyclic) bond motifs is 1. The van der Waals surface area contributed by atoms with Crippen LogP contribution in [0.1, 0.15) is 13.8 Å². The fourth-order valence-corrected chi connectivity index (χ4v) is 2.69. The van der Waals surface area contributed by atoms with Crippen LogP contribution >= 0.6 is 0 Å². The summed E-state index contributed by atoms with van der Waals surface area (Å²) in [5.41, 5.74) is 0.408. The Morgan fingerprint density at radius 3 is 2.79 bits per heavy atom. The molecule has 2 aliphatic rings. The van der Waals surface area contributed by atoms with Gasteiger partial charge in [0.15, 0.2) is 9.84 Å². The fourth-order valence-electron chi connectivity index (χ4n) is 1.51. The first-order chi connectivity index (χ1) is 6.41. The number of sulfone groups is 1. The van der Waals surface area contributed by atoms with Gasteiger partial charge in [0.05, 0.1) is 10.4 Å². The van der Waals surface area contributed by atoms with Gasteiger partial charge in [-0.25, -0.2) is 8.42 Å². The molecule has 74 valence electrons. The first-order valence-electron chi connectivity index (χ1n) is 4.33. The highest BCUT2D eigenvalue weighted by Gasteiger charge is 2.27. The predicted octanol–water partition coefficient (Wildman–Crippen LogP) is 1.60. The third-order valence-electron chi connectivity index (χ3n) is 2.16. The van der Waals surface area contributed by atoms with Gasteiger partial charge in [-0.1, -0.05) is 0 Å². The van der Waals surface area contributed by atoms with E-state index >= 15 is 0 Å². The van der Waals surface area contributed by atoms with Crippen LogP contribution in [-0.4, -0.2) is 20.2 Å². The summed E-state index contributed by atoms with van der Waals surface area (Å²) in [4.78, 5) is 4.58. The molecule has 0 amide bonds. The molecule has 0 fully saturated rings. The van der Waals surface area contributed by atoms with E-state index in [4.69, 9.17) is 0 Å². The summed E-state index contributed by atoms with van der Waals surface area (Å²) in [6.07, 6.45) is 6.60. The molecule has 0 aromatic rings. The Morgan fingerprint density at radius 1 is 1.36 bits per heavy atom. The minimum atomic E-state index is -3.20. The lowest BCUT2D eigenvalue weighted by Crippen LogP contribution is -2.12. The number of allylic oxidation sites excluding steroid dienone is 3. The van der Waals surface area contributed by atoms with Crippen LogP contribution < -0.4 is 0 Å². The Kier molecular flexibility index (Phi) is 1.79. The summed E-state index contributed by atoms with van der Waals surface area (Å²) < 4.78 is 23.0. The van der Waals surface area contributed by atoms with Crippen LogP contribution in [0.15, 0.2) is 39.1 Å². The van der Waals surface area contributed by atoms with Crippen LogP contribution in [-0.2, 0) is 9.84 Å². The quantitative estimate of drug-likeness (QED) is 0.608. The molecule has 0 saturated heterocycles. The van der Waals surface area contributed by atoms with Gasteiger partial charge in [0.2, 0.25) is 0 Å². The summed E-state index contributed by atoms with van der Waals surface area (Å²) >= 11 is 0. The Labute approximate surface area is 83.5 Å². The van der Waals surface area contributed by atoms with Crippen LogP contribution in [0.2, 0.25) is 0 Å². The Morgan fingerprint density at radius 2 is 2.07 bits per heavy atom. The van der Waals surface area contributed by atoms with E-state index < -0.39 is 9.84 Å². The van der Waals surface area contributed by atoms with Gasteiger partial charge in [-0.3, -0.25) is 4.99 Å². The molecule has 0 N–H and O–H groups in total. The number of hydrogen-bond donors (Lipinski definition) is 0. The Balaban J connectivity index is 2.62. The minimum absolute atomic E-state index is 0.336. The molecule has 0 atom stereocenters. The molecule has 2 aliphatic heterocycles. The topological polar surface area (TPSA) is 46.5 Å². The van der Waals surface area contributed by atoms with E-state index in [9.17, 15) is 8.42 Å². The van der Waals surface area contributed by atoms with Gasteiger partial charge in [-0.15, -0.1) is 0 Å². The van der Waals surface area contributed by atoms with Crippen molar-refractivity contribution in [3.05, 3.63) is 34.1 Å². The average Bonchev–Trinajstić information content (AvgIpc) is 2.27. The second kappa shape index (κ2) is 2.67. The predicted molar refractivity (Wildman–Crippen MR) is 56.8 cm³/mol. The lowest BCUT2D eigenvalue weighted by Gasteiger charge is -2.13. The number of hydrogen-bond acceptors (Lipinski definition) is 3. The van der Waals surface area contributed by atoms with Crippen molar-refractivity contribution in [3.63, 3.8) is 0 Å². The maximum atomic E-state index is 11.5. The highest BCUT2D eigenvalue weighted by Crippen LogP contribution is 2.31. The monoisotopic (exact) mass is 209 g/mol. The van der Waals surface area contributed by atoms with Crippen molar-refractivity contribution in [1.82, 2.24) is 0 Å². The standard InChI is InChI=1S/C10H11NO2S/c1-10(2)7-8-4-6-14(12,13)9(8)3-5-11-10/h3-7H,1-2H3. The molecule has 0 unspecified atom stereocenters. The van der Waals surface area contributed by atoms with Gasteiger partial charge in [-0.05, 0) is 37.6 Å². The lowest BCUT2D eigenvalue weighted by atomic mass is 10.0. The largest absolute Gasteiger partial charge is 0.283 e. The zero-order valence-electron chi connectivity index (χ0n) is 8.06. The molecule has 14 heavy (non-hydrogen) atoms. The van der Waals surface area contributed by atoms with Crippen molar-refractivity contribution >= 4 is 16.1 Å². The zero-order valence-corrected chi connectivity index (χ0v) is 8.88. The van der Waals surface area contributed by atoms with E-state index in [1.165, 1.54) is 5.41 Å². The van der Waals surface area contributed by atoms with Gasteiger partial charge in [0.25, 0.3) is 0 Å². The minimum Gasteiger partial charge on any atom is -0.283 e. The fraction of sp³-hybridized carbons (Fsp3) is 0.300. The molecule has 0 bridgehead atoms. The second-order valence-corrected chi connectivity index (χ2v) is 5.71. The molecule has 2 heterocycles. The molecule has 0 radical (unpaired) electrons. The van der Waals surface area contributed by atoms with E-state index in [1.807, 2.05) is 19.9 Å². The van der Waals surface area contributed by atoms with Crippen LogP contribution in [0.4, 0.5) is 0 Å². The van der Waals surface area contributed by atoms with Gasteiger partial charge in [0.1, 0.15) is 0 Å². The van der Waals surface area contributed by atoms with Crippen LogP contribution in [0.5, 0.6) is 0 Å². The smallest absolute Gasteiger partial charge is 0.200 e. The van der Waals surface area contributed by atoms with Crippen molar-refractivity contribution < 1.29 is 8.42 Å². The van der Waals surface area contributed by atoms with E-state index in [2.05, 4.69) is 4.99 Å². The first-order valence-corrected chi connectivity index (χ1v) is 5.87. The summed E-state index contributed by atoms with van der Waals surface area (Å²) in [5.74, 6) is 0. The molecule has 0 aliphatic carbocycles. The molecule has 4 heteroatoms. The van der Waals surface area contributed by atoms with E-state index in [0.717, 1.165) is 5.57 Å². The molecule has 0 saturated carbocycles. The molecule has 0 spiro atoms. The summed E-state index contributed by atoms with van der Waals surface area (Å²) in [7, 11) is -3.20. The van der Waals surface area contributed by atoms with Gasteiger partial charge >= 0.3 is 0 Å². The molecule has 3 nitrogen and oxygen atoms in total. The summed E-state index contributed by atoms with van der Waals surface area (Å²) in [6.45, 7) is 3.87. The number of nitrogens with zero attached hydrogens (tertiary/aromatic N) is 1. The molecular weight excluding hydrogens is 198 g/mol. The van der Waals surface area contributed by atoms with Gasteiger partial charge in [-0.2, -0.15) is 0 Å². The van der Waals surface area contributed by atoms with Gasteiger partial charge in [0, 0.05) is 11.6 Å². The zero-order chi connectivity index (χ0) is 10.4. The molecule has 0 aromatic carbocycles. The van der Waals surface area contributed by atoms with Crippen molar-refractivity contribution in [3.8, 4) is 0 Å². The second-order valence-electron chi connectivity index (χ2n) is 3.91. The number of rotatable bonds is 0. The third-order valence-corrected chi connectivity index (χ3v) is 3.64. The summed E-state index contributed by atoms with van der Waals surface area (Å²) in [6, 6.07) is 0. The van der Waals surface area contributed by atoms with Gasteiger partial charge < -0.3 is 0 Å². The average molecular weight is 209 g/mol. The normalized spacial score (nSPS) is 26.4.